The molecule has 1 amide bonds. The predicted octanol–water partition coefficient (Wildman–Crippen LogP) is 1.31. The van der Waals surface area contributed by atoms with Crippen molar-refractivity contribution in [2.45, 2.75) is 26.3 Å². The third kappa shape index (κ3) is 4.33. The van der Waals surface area contributed by atoms with E-state index in [0.717, 1.165) is 12.8 Å². The standard InChI is InChI=1S/C18H22N6O4/c1-2-3-8-23-17(25)7-5-15(20-23)18(26)22-11-9-21(10-12-22)16-6-4-14(13-19-16)24(27)28/h4-7,13H,2-3,8-12H2,1H3. The Balaban J connectivity index is 1.63. The van der Waals surface area contributed by atoms with E-state index in [1.807, 2.05) is 11.8 Å². The predicted molar refractivity (Wildman–Crippen MR) is 102 cm³/mol. The average Bonchev–Trinajstić information content (AvgIpc) is 2.73. The molecule has 0 aromatic carbocycles. The number of piperazine rings is 1. The Kier molecular flexibility index (Phi) is 5.97. The third-order valence-electron chi connectivity index (χ3n) is 4.64. The maximum atomic E-state index is 12.7. The Morgan fingerprint density at radius 1 is 1.18 bits per heavy atom. The number of hydrogen-bond acceptors (Lipinski definition) is 7. The SMILES string of the molecule is CCCCn1nc(C(=O)N2CCN(c3ccc([N+](=O)[O-])cn3)CC2)ccc1=O. The molecule has 0 unspecified atom stereocenters. The number of nitro groups is 1. The van der Waals surface area contributed by atoms with Gasteiger partial charge >= 0.3 is 0 Å². The summed E-state index contributed by atoms with van der Waals surface area (Å²) < 4.78 is 1.34. The van der Waals surface area contributed by atoms with Gasteiger partial charge in [0.2, 0.25) is 0 Å². The van der Waals surface area contributed by atoms with Crippen molar-refractivity contribution in [3.05, 3.63) is 56.6 Å². The first-order valence-electron chi connectivity index (χ1n) is 9.22. The highest BCUT2D eigenvalue weighted by Gasteiger charge is 2.24. The zero-order valence-corrected chi connectivity index (χ0v) is 15.7. The zero-order chi connectivity index (χ0) is 20.1. The Hall–Kier alpha value is -3.30. The number of amides is 1. The molecule has 0 spiro atoms. The fourth-order valence-electron chi connectivity index (χ4n) is 3.01. The minimum Gasteiger partial charge on any atom is -0.353 e. The van der Waals surface area contributed by atoms with Crippen LogP contribution in [0.4, 0.5) is 11.5 Å². The highest BCUT2D eigenvalue weighted by molar-refractivity contribution is 5.92. The minimum atomic E-state index is -0.486. The van der Waals surface area contributed by atoms with E-state index in [9.17, 15) is 19.7 Å². The molecule has 10 nitrogen and oxygen atoms in total. The Morgan fingerprint density at radius 2 is 1.93 bits per heavy atom. The summed E-state index contributed by atoms with van der Waals surface area (Å²) in [6, 6.07) is 5.88. The smallest absolute Gasteiger partial charge is 0.287 e. The number of nitrogens with zero attached hydrogens (tertiary/aromatic N) is 6. The second-order valence-corrected chi connectivity index (χ2v) is 6.54. The lowest BCUT2D eigenvalue weighted by molar-refractivity contribution is -0.385. The molecule has 0 radical (unpaired) electrons. The lowest BCUT2D eigenvalue weighted by Crippen LogP contribution is -2.49. The van der Waals surface area contributed by atoms with E-state index in [1.54, 1.807) is 11.0 Å². The van der Waals surface area contributed by atoms with E-state index in [0.29, 0.717) is 38.5 Å². The van der Waals surface area contributed by atoms with Gasteiger partial charge in [0.05, 0.1) is 4.92 Å². The topological polar surface area (TPSA) is 114 Å². The van der Waals surface area contributed by atoms with E-state index < -0.39 is 4.92 Å². The molecule has 1 fully saturated rings. The molecular weight excluding hydrogens is 364 g/mol. The lowest BCUT2D eigenvalue weighted by atomic mass is 10.2. The monoisotopic (exact) mass is 386 g/mol. The van der Waals surface area contributed by atoms with Crippen molar-refractivity contribution in [3.63, 3.8) is 0 Å². The maximum Gasteiger partial charge on any atom is 0.287 e. The molecule has 2 aromatic rings. The second-order valence-electron chi connectivity index (χ2n) is 6.54. The van der Waals surface area contributed by atoms with Gasteiger partial charge in [-0.1, -0.05) is 13.3 Å². The zero-order valence-electron chi connectivity index (χ0n) is 15.7. The van der Waals surface area contributed by atoms with Crippen LogP contribution in [0.1, 0.15) is 30.3 Å². The van der Waals surface area contributed by atoms with Crippen LogP contribution in [-0.2, 0) is 6.54 Å². The summed E-state index contributed by atoms with van der Waals surface area (Å²) >= 11 is 0. The second kappa shape index (κ2) is 8.59. The van der Waals surface area contributed by atoms with Gasteiger partial charge in [0, 0.05) is 44.9 Å². The Bertz CT molecular complexity index is 903. The lowest BCUT2D eigenvalue weighted by Gasteiger charge is -2.35. The summed E-state index contributed by atoms with van der Waals surface area (Å²) in [4.78, 5) is 42.6. The maximum absolute atomic E-state index is 12.7. The van der Waals surface area contributed by atoms with Crippen LogP contribution in [0.25, 0.3) is 0 Å². The van der Waals surface area contributed by atoms with Gasteiger partial charge in [0.1, 0.15) is 17.7 Å². The normalized spacial score (nSPS) is 14.2. The van der Waals surface area contributed by atoms with Crippen LogP contribution in [0.5, 0.6) is 0 Å². The van der Waals surface area contributed by atoms with Crippen molar-refractivity contribution in [3.8, 4) is 0 Å². The molecule has 1 aliphatic rings. The highest BCUT2D eigenvalue weighted by Crippen LogP contribution is 2.17. The molecule has 0 aliphatic carbocycles. The van der Waals surface area contributed by atoms with Crippen LogP contribution in [-0.4, -0.2) is 56.7 Å². The molecule has 0 N–H and O–H groups in total. The Morgan fingerprint density at radius 3 is 2.54 bits per heavy atom. The number of aryl methyl sites for hydroxylation is 1. The van der Waals surface area contributed by atoms with Gasteiger partial charge in [-0.15, -0.1) is 0 Å². The quantitative estimate of drug-likeness (QED) is 0.543. The molecule has 3 rings (SSSR count). The van der Waals surface area contributed by atoms with E-state index >= 15 is 0 Å². The van der Waals surface area contributed by atoms with E-state index in [2.05, 4.69) is 10.1 Å². The number of carbonyl (C=O) groups excluding carboxylic acids is 1. The average molecular weight is 386 g/mol. The number of pyridine rings is 1. The molecular formula is C18H22N6O4. The number of rotatable bonds is 6. The first kappa shape index (κ1) is 19.5. The first-order valence-corrected chi connectivity index (χ1v) is 9.22. The van der Waals surface area contributed by atoms with Gasteiger partial charge in [0.15, 0.2) is 0 Å². The molecule has 0 saturated carbocycles. The van der Waals surface area contributed by atoms with Crippen LogP contribution in [0.15, 0.2) is 35.3 Å². The fraction of sp³-hybridized carbons (Fsp3) is 0.444. The van der Waals surface area contributed by atoms with Crippen molar-refractivity contribution in [2.75, 3.05) is 31.1 Å². The van der Waals surface area contributed by atoms with Gasteiger partial charge in [0.25, 0.3) is 17.2 Å². The molecule has 148 valence electrons. The van der Waals surface area contributed by atoms with E-state index in [4.69, 9.17) is 0 Å². The number of aromatic nitrogens is 3. The van der Waals surface area contributed by atoms with E-state index in [1.165, 1.54) is 29.1 Å². The van der Waals surface area contributed by atoms with Crippen molar-refractivity contribution < 1.29 is 9.72 Å². The highest BCUT2D eigenvalue weighted by atomic mass is 16.6. The van der Waals surface area contributed by atoms with Crippen molar-refractivity contribution >= 4 is 17.4 Å². The van der Waals surface area contributed by atoms with Crippen molar-refractivity contribution in [1.82, 2.24) is 19.7 Å². The van der Waals surface area contributed by atoms with Crippen LogP contribution in [0.3, 0.4) is 0 Å². The largest absolute Gasteiger partial charge is 0.353 e. The van der Waals surface area contributed by atoms with Crippen LogP contribution < -0.4 is 10.5 Å². The fourth-order valence-corrected chi connectivity index (χ4v) is 3.01. The molecule has 1 saturated heterocycles. The van der Waals surface area contributed by atoms with Crippen LogP contribution in [0, 0.1) is 10.1 Å². The van der Waals surface area contributed by atoms with Crippen molar-refractivity contribution in [2.24, 2.45) is 0 Å². The van der Waals surface area contributed by atoms with Gasteiger partial charge in [-0.3, -0.25) is 19.7 Å². The summed E-state index contributed by atoms with van der Waals surface area (Å²) in [7, 11) is 0. The number of hydrogen-bond donors (Lipinski definition) is 0. The van der Waals surface area contributed by atoms with Crippen LogP contribution >= 0.6 is 0 Å². The summed E-state index contributed by atoms with van der Waals surface area (Å²) in [6.07, 6.45) is 2.99. The molecule has 2 aromatic heterocycles. The van der Waals surface area contributed by atoms with Gasteiger partial charge in [-0.25, -0.2) is 9.67 Å². The molecule has 0 bridgehead atoms. The first-order chi connectivity index (χ1) is 13.5. The van der Waals surface area contributed by atoms with Crippen molar-refractivity contribution in [1.29, 1.82) is 0 Å². The number of carbonyl (C=O) groups is 1. The summed E-state index contributed by atoms with van der Waals surface area (Å²) in [5.74, 6) is 0.436. The molecule has 10 heteroatoms. The van der Waals surface area contributed by atoms with Gasteiger partial charge < -0.3 is 9.80 Å². The summed E-state index contributed by atoms with van der Waals surface area (Å²) in [5, 5.41) is 14.9. The Labute approximate surface area is 161 Å². The van der Waals surface area contributed by atoms with Crippen LogP contribution in [0.2, 0.25) is 0 Å². The number of anilines is 1. The molecule has 0 atom stereocenters. The molecule has 28 heavy (non-hydrogen) atoms. The summed E-state index contributed by atoms with van der Waals surface area (Å²) in [6.45, 7) is 4.61. The summed E-state index contributed by atoms with van der Waals surface area (Å²) in [5.41, 5.74) is -0.00138. The third-order valence-corrected chi connectivity index (χ3v) is 4.64. The number of unbranched alkanes of at least 4 members (excludes halogenated alkanes) is 1. The molecule has 3 heterocycles. The molecule has 1 aliphatic heterocycles. The van der Waals surface area contributed by atoms with E-state index in [-0.39, 0.29) is 22.8 Å². The minimum absolute atomic E-state index is 0.0539. The van der Waals surface area contributed by atoms with Gasteiger partial charge in [-0.2, -0.15) is 5.10 Å². The van der Waals surface area contributed by atoms with Gasteiger partial charge in [-0.05, 0) is 18.6 Å².